The van der Waals surface area contributed by atoms with Gasteiger partial charge in [-0.2, -0.15) is 12.7 Å². The molecule has 16 nitrogen and oxygen atoms in total. The Morgan fingerprint density at radius 2 is 1.59 bits per heavy atom. The lowest BCUT2D eigenvalue weighted by Crippen LogP contribution is -2.58. The van der Waals surface area contributed by atoms with Crippen LogP contribution >= 0.6 is 11.3 Å². The number of amides is 2. The summed E-state index contributed by atoms with van der Waals surface area (Å²) in [7, 11) is -4.37. The Labute approximate surface area is 475 Å². The van der Waals surface area contributed by atoms with E-state index in [-0.39, 0.29) is 43.4 Å². The Kier molecular flexibility index (Phi) is 17.2. The van der Waals surface area contributed by atoms with Crippen molar-refractivity contribution >= 4 is 55.9 Å². The molecule has 4 atom stereocenters. The van der Waals surface area contributed by atoms with E-state index in [1.165, 1.54) is 11.8 Å². The number of likely N-dealkylation sites (tertiary alicyclic amines) is 3. The molecule has 2 amide bonds. The van der Waals surface area contributed by atoms with Crippen LogP contribution in [-0.2, 0) is 26.3 Å². The molecular formula is C60H71F3N10O6S2. The number of nitrogens with zero attached hydrogens (tertiary/aromatic N) is 6. The number of carbonyl (C=O) groups is 3. The Morgan fingerprint density at radius 1 is 0.889 bits per heavy atom. The van der Waals surface area contributed by atoms with E-state index in [0.717, 1.165) is 102 Å². The van der Waals surface area contributed by atoms with Gasteiger partial charge in [-0.15, -0.1) is 11.3 Å². The molecule has 81 heavy (non-hydrogen) atoms. The fourth-order valence-corrected chi connectivity index (χ4v) is 13.9. The summed E-state index contributed by atoms with van der Waals surface area (Å²) in [5.41, 5.74) is 6.54. The number of alkyl halides is 1. The molecule has 4 saturated heterocycles. The molecule has 5 N–H and O–H groups in total. The monoisotopic (exact) mass is 1150 g/mol. The highest BCUT2D eigenvalue weighted by Crippen LogP contribution is 2.35. The summed E-state index contributed by atoms with van der Waals surface area (Å²) >= 11 is 1.61. The van der Waals surface area contributed by atoms with E-state index < -0.39 is 75.2 Å². The van der Waals surface area contributed by atoms with Crippen LogP contribution in [0.4, 0.5) is 18.9 Å². The third-order valence-electron chi connectivity index (χ3n) is 16.5. The van der Waals surface area contributed by atoms with E-state index in [0.29, 0.717) is 47.1 Å². The van der Waals surface area contributed by atoms with Crippen molar-refractivity contribution in [3.8, 4) is 21.6 Å². The lowest BCUT2D eigenvalue weighted by atomic mass is 9.85. The normalized spacial score (nSPS) is 20.4. The molecule has 6 aromatic rings. The average Bonchev–Trinajstić information content (AvgIpc) is 4.50. The third kappa shape index (κ3) is 13.1. The molecule has 430 valence electrons. The van der Waals surface area contributed by atoms with E-state index in [4.69, 9.17) is 0 Å². The summed E-state index contributed by atoms with van der Waals surface area (Å²) in [4.78, 5) is 61.2. The molecule has 0 unspecified atom stereocenters. The maximum absolute atomic E-state index is 15.8. The summed E-state index contributed by atoms with van der Waals surface area (Å²) in [6.45, 7) is 17.0. The fraction of sp³-hybridized carbons (Fsp3) is 0.450. The molecule has 7 heterocycles. The predicted molar refractivity (Wildman–Crippen MR) is 308 cm³/mol. The molecule has 0 radical (unpaired) electrons. The van der Waals surface area contributed by atoms with Gasteiger partial charge in [0, 0.05) is 73.7 Å². The number of aliphatic hydroxyl groups is 1. The van der Waals surface area contributed by atoms with E-state index in [9.17, 15) is 32.3 Å². The number of nitrogens with one attached hydrogen (secondary N) is 4. The number of fused-ring (bicyclic) bond motifs is 1. The standard InChI is InChI=1S/C60H71F3N10O6S2/c1-36(64-28-38-6-8-43(9-7-38)56-37(2)67-35-80-56)51-27-46(74)33-73(51)59(77)57(60(3,4)5)68-52(75)34-71-21-16-39(17-22-71)31-70-23-18-42(19-24-70)40-10-12-41(13-11-40)44-26-47-48(30-66-58(47)65-29-44)55(76)53-49(62)14-15-50(54(53)63)69-81(78,79)72-25-20-45(61)32-72/h6-15,26,29-30,35,39,42,45-46,51,57,64,69,74H,1,16-25,27-28,31-34H2,2-5H3,(H,65,66)(H,68,75)/t45-,46-,51+,57-/m1/s1. The van der Waals surface area contributed by atoms with Crippen LogP contribution < -0.4 is 15.4 Å². The second-order valence-electron chi connectivity index (χ2n) is 23.3. The molecule has 4 aliphatic rings. The predicted octanol–water partition coefficient (Wildman–Crippen LogP) is 8.56. The van der Waals surface area contributed by atoms with Crippen LogP contribution in [0.2, 0.25) is 0 Å². The fourth-order valence-electron chi connectivity index (χ4n) is 11.8. The van der Waals surface area contributed by atoms with Crippen LogP contribution in [0, 0.1) is 29.9 Å². The number of aromatic nitrogens is 3. The molecule has 0 saturated carbocycles. The van der Waals surface area contributed by atoms with Crippen LogP contribution in [0.5, 0.6) is 0 Å². The van der Waals surface area contributed by atoms with Gasteiger partial charge in [-0.25, -0.2) is 23.1 Å². The quantitative estimate of drug-likeness (QED) is 0.0518. The van der Waals surface area contributed by atoms with Gasteiger partial charge in [-0.1, -0.05) is 75.9 Å². The summed E-state index contributed by atoms with van der Waals surface area (Å²) in [5, 5.41) is 17.6. The van der Waals surface area contributed by atoms with Crippen LogP contribution in [0.1, 0.15) is 98.0 Å². The summed E-state index contributed by atoms with van der Waals surface area (Å²) in [6, 6.07) is 18.7. The van der Waals surface area contributed by atoms with Crippen molar-refractivity contribution in [2.45, 2.75) is 103 Å². The minimum atomic E-state index is -4.37. The zero-order valence-electron chi connectivity index (χ0n) is 46.2. The number of aryl methyl sites for hydroxylation is 1. The molecule has 0 spiro atoms. The van der Waals surface area contributed by atoms with E-state index in [1.807, 2.05) is 45.3 Å². The maximum Gasteiger partial charge on any atom is 0.301 e. The van der Waals surface area contributed by atoms with Gasteiger partial charge >= 0.3 is 10.2 Å². The van der Waals surface area contributed by atoms with Gasteiger partial charge in [0.2, 0.25) is 17.6 Å². The average molecular weight is 1150 g/mol. The van der Waals surface area contributed by atoms with Crippen molar-refractivity contribution in [3.05, 3.63) is 136 Å². The lowest BCUT2D eigenvalue weighted by molar-refractivity contribution is -0.140. The smallest absolute Gasteiger partial charge is 0.301 e. The van der Waals surface area contributed by atoms with Crippen LogP contribution in [-0.4, -0.2) is 148 Å². The number of piperidine rings is 2. The van der Waals surface area contributed by atoms with E-state index in [2.05, 4.69) is 83.1 Å². The first kappa shape index (κ1) is 57.7. The number of thiazole rings is 1. The van der Waals surface area contributed by atoms with Gasteiger partial charge in [-0.3, -0.25) is 24.0 Å². The molecule has 4 fully saturated rings. The van der Waals surface area contributed by atoms with Crippen molar-refractivity contribution in [2.75, 3.05) is 63.6 Å². The highest BCUT2D eigenvalue weighted by molar-refractivity contribution is 7.90. The number of β-amino-alcohol motifs (C(OH)–C–C–N with tert-alkyl or cyclic N) is 1. The number of anilines is 1. The number of carbonyl (C=O) groups excluding carboxylic acids is 3. The number of hydrogen-bond donors (Lipinski definition) is 5. The van der Waals surface area contributed by atoms with Gasteiger partial charge in [0.25, 0.3) is 0 Å². The number of rotatable bonds is 18. The lowest BCUT2D eigenvalue weighted by Gasteiger charge is -2.38. The number of aliphatic hydroxyl groups excluding tert-OH is 1. The zero-order chi connectivity index (χ0) is 57.3. The summed E-state index contributed by atoms with van der Waals surface area (Å²) in [6.07, 6.45) is 5.24. The number of pyridine rings is 1. The van der Waals surface area contributed by atoms with Gasteiger partial charge in [0.05, 0.1) is 46.0 Å². The summed E-state index contributed by atoms with van der Waals surface area (Å²) in [5.74, 6) is -3.09. The molecule has 0 aliphatic carbocycles. The number of aromatic amines is 1. The minimum absolute atomic E-state index is 0.000167. The largest absolute Gasteiger partial charge is 0.391 e. The van der Waals surface area contributed by atoms with Crippen molar-refractivity contribution in [1.29, 1.82) is 0 Å². The molecule has 3 aromatic heterocycles. The first-order valence-corrected chi connectivity index (χ1v) is 30.2. The number of benzene rings is 3. The second-order valence-corrected chi connectivity index (χ2v) is 25.8. The first-order valence-electron chi connectivity index (χ1n) is 27.9. The molecule has 21 heteroatoms. The summed E-state index contributed by atoms with van der Waals surface area (Å²) < 4.78 is 73.5. The van der Waals surface area contributed by atoms with Gasteiger partial charge < -0.3 is 30.5 Å². The van der Waals surface area contributed by atoms with Crippen LogP contribution in [0.3, 0.4) is 0 Å². The van der Waals surface area contributed by atoms with Crippen molar-refractivity contribution in [3.63, 3.8) is 0 Å². The molecule has 3 aromatic carbocycles. The van der Waals surface area contributed by atoms with E-state index in [1.54, 1.807) is 28.5 Å². The maximum atomic E-state index is 15.8. The Balaban J connectivity index is 0.678. The zero-order valence-corrected chi connectivity index (χ0v) is 47.8. The third-order valence-corrected chi connectivity index (χ3v) is 19.0. The van der Waals surface area contributed by atoms with Crippen LogP contribution in [0.25, 0.3) is 32.6 Å². The number of hydrogen-bond acceptors (Lipinski definition) is 12. The van der Waals surface area contributed by atoms with Crippen molar-refractivity contribution in [2.24, 2.45) is 11.3 Å². The Hall–Kier alpha value is -6.49. The SMILES string of the molecule is C=C(NCc1ccc(-c2scnc2C)cc1)[C@@H]1C[C@@H](O)CN1C(=O)[C@@H](NC(=O)CN1CCC(CN2CCC(c3ccc(-c4cnc5[nH]cc(C(=O)c6c(F)ccc(NS(=O)(=O)N7CC[C@@H](F)C7)c6F)c5c4)cc3)CC2)CC1)C(C)(C)C. The second kappa shape index (κ2) is 24.1. The van der Waals surface area contributed by atoms with Crippen LogP contribution in [0.15, 0.2) is 96.9 Å². The minimum Gasteiger partial charge on any atom is -0.391 e. The van der Waals surface area contributed by atoms with Gasteiger partial charge in [-0.05, 0) is 123 Å². The van der Waals surface area contributed by atoms with Crippen molar-refractivity contribution in [1.82, 2.24) is 44.6 Å². The molecule has 0 bridgehead atoms. The number of halogens is 3. The molecule has 10 rings (SSSR count). The first-order chi connectivity index (χ1) is 38.7. The highest BCUT2D eigenvalue weighted by Gasteiger charge is 2.43. The number of ketones is 1. The Morgan fingerprint density at radius 3 is 2.26 bits per heavy atom. The van der Waals surface area contributed by atoms with Gasteiger partial charge in [0.15, 0.2) is 5.82 Å². The number of H-pyrrole nitrogens is 1. The van der Waals surface area contributed by atoms with Crippen molar-refractivity contribution < 1.29 is 41.1 Å². The Bertz CT molecular complexity index is 3390. The molecule has 4 aliphatic heterocycles. The topological polar surface area (TPSA) is 196 Å². The van der Waals surface area contributed by atoms with E-state index >= 15 is 8.78 Å². The highest BCUT2D eigenvalue weighted by atomic mass is 32.2. The van der Waals surface area contributed by atoms with Gasteiger partial charge in [0.1, 0.15) is 23.7 Å². The molecular weight excluding hydrogens is 1080 g/mol.